The van der Waals surface area contributed by atoms with Crippen LogP contribution >= 0.6 is 11.3 Å². The van der Waals surface area contributed by atoms with E-state index in [0.29, 0.717) is 11.8 Å². The molecule has 0 atom stereocenters. The van der Waals surface area contributed by atoms with Crippen LogP contribution < -0.4 is 0 Å². The lowest BCUT2D eigenvalue weighted by atomic mass is 9.90. The minimum atomic E-state index is -0.119. The average Bonchev–Trinajstić information content (AvgIpc) is 3.68. The van der Waals surface area contributed by atoms with E-state index in [4.69, 9.17) is 18.8 Å². The minimum absolute atomic E-state index is 0.119. The highest BCUT2D eigenvalue weighted by Gasteiger charge is 2.28. The van der Waals surface area contributed by atoms with Gasteiger partial charge in [-0.15, -0.1) is 11.3 Å². The van der Waals surface area contributed by atoms with Gasteiger partial charge < -0.3 is 8.83 Å². The van der Waals surface area contributed by atoms with Crippen molar-refractivity contribution in [1.82, 2.24) is 9.97 Å². The Balaban J connectivity index is 1.34. The van der Waals surface area contributed by atoms with Crippen LogP contribution in [0, 0.1) is 0 Å². The molecule has 5 heteroatoms. The number of hydrogen-bond acceptors (Lipinski definition) is 5. The van der Waals surface area contributed by atoms with Crippen molar-refractivity contribution in [1.29, 1.82) is 0 Å². The second-order valence-electron chi connectivity index (χ2n) is 12.9. The molecule has 41 heavy (non-hydrogen) atoms. The smallest absolute Gasteiger partial charge is 0.236 e. The van der Waals surface area contributed by atoms with Crippen LogP contribution in [-0.4, -0.2) is 9.97 Å². The van der Waals surface area contributed by atoms with Gasteiger partial charge in [0.15, 0.2) is 0 Å². The molecule has 214 valence electrons. The van der Waals surface area contributed by atoms with E-state index in [1.54, 1.807) is 11.3 Å². The van der Waals surface area contributed by atoms with Crippen LogP contribution in [0.1, 0.15) is 88.4 Å². The van der Waals surface area contributed by atoms with Crippen molar-refractivity contribution < 1.29 is 8.83 Å². The van der Waals surface area contributed by atoms with E-state index < -0.39 is 0 Å². The molecule has 5 aromatic rings. The van der Waals surface area contributed by atoms with Gasteiger partial charge in [-0.3, -0.25) is 0 Å². The van der Waals surface area contributed by atoms with E-state index in [1.165, 1.54) is 11.1 Å². The van der Waals surface area contributed by atoms with Gasteiger partial charge in [0.25, 0.3) is 0 Å². The van der Waals surface area contributed by atoms with Crippen molar-refractivity contribution in [3.05, 3.63) is 107 Å². The van der Waals surface area contributed by atoms with Gasteiger partial charge in [-0.05, 0) is 61.8 Å². The molecule has 0 amide bonds. The fourth-order valence-corrected chi connectivity index (χ4v) is 6.06. The minimum Gasteiger partial charge on any atom is -0.440 e. The van der Waals surface area contributed by atoms with Gasteiger partial charge in [-0.2, -0.15) is 0 Å². The van der Waals surface area contributed by atoms with Gasteiger partial charge in [0.2, 0.25) is 11.8 Å². The SMILES string of the molecule is CC(C)(C)c1oc(-c2ccc(-c3nc(CCCc4ccccc4)c(C(C)(C)C)o3)s2)nc1CCCc1ccccc1. The van der Waals surface area contributed by atoms with E-state index in [9.17, 15) is 0 Å². The maximum atomic E-state index is 6.44. The number of nitrogens with zero attached hydrogens (tertiary/aromatic N) is 2. The Bertz CT molecular complexity index is 1430. The van der Waals surface area contributed by atoms with Gasteiger partial charge in [0.1, 0.15) is 11.5 Å². The lowest BCUT2D eigenvalue weighted by molar-refractivity contribution is 0.411. The number of thiophene rings is 1. The number of hydrogen-bond donors (Lipinski definition) is 0. The van der Waals surface area contributed by atoms with Crippen molar-refractivity contribution in [2.24, 2.45) is 0 Å². The molecule has 0 spiro atoms. The molecule has 0 aliphatic carbocycles. The summed E-state index contributed by atoms with van der Waals surface area (Å²) in [6, 6.07) is 25.5. The lowest BCUT2D eigenvalue weighted by Crippen LogP contribution is -2.13. The Morgan fingerprint density at radius 1 is 0.537 bits per heavy atom. The molecular weight excluding hydrogens is 524 g/mol. The molecule has 4 nitrogen and oxygen atoms in total. The van der Waals surface area contributed by atoms with Gasteiger partial charge in [0, 0.05) is 10.8 Å². The fourth-order valence-electron chi connectivity index (χ4n) is 5.20. The van der Waals surface area contributed by atoms with Crippen molar-refractivity contribution in [2.45, 2.75) is 90.9 Å². The summed E-state index contributed by atoms with van der Waals surface area (Å²) in [6.07, 6.45) is 5.92. The zero-order chi connectivity index (χ0) is 29.0. The number of rotatable bonds is 10. The second-order valence-corrected chi connectivity index (χ2v) is 14.0. The number of aryl methyl sites for hydroxylation is 4. The molecule has 0 saturated carbocycles. The summed E-state index contributed by atoms with van der Waals surface area (Å²) >= 11 is 1.63. The van der Waals surface area contributed by atoms with Crippen LogP contribution in [0.3, 0.4) is 0 Å². The summed E-state index contributed by atoms with van der Waals surface area (Å²) in [5, 5.41) is 0. The Morgan fingerprint density at radius 3 is 1.29 bits per heavy atom. The lowest BCUT2D eigenvalue weighted by Gasteiger charge is -2.16. The zero-order valence-corrected chi connectivity index (χ0v) is 26.1. The molecule has 0 bridgehead atoms. The molecule has 0 saturated heterocycles. The second kappa shape index (κ2) is 12.2. The van der Waals surface area contributed by atoms with E-state index in [2.05, 4.69) is 114 Å². The van der Waals surface area contributed by atoms with Crippen molar-refractivity contribution >= 4 is 11.3 Å². The highest BCUT2D eigenvalue weighted by Crippen LogP contribution is 2.39. The van der Waals surface area contributed by atoms with E-state index >= 15 is 0 Å². The van der Waals surface area contributed by atoms with Gasteiger partial charge >= 0.3 is 0 Å². The molecule has 0 fully saturated rings. The zero-order valence-electron chi connectivity index (χ0n) is 25.3. The molecule has 0 radical (unpaired) electrons. The quantitative estimate of drug-likeness (QED) is 0.169. The molecule has 5 rings (SSSR count). The summed E-state index contributed by atoms with van der Waals surface area (Å²) in [5.74, 6) is 3.32. The summed E-state index contributed by atoms with van der Waals surface area (Å²) in [7, 11) is 0. The monoisotopic (exact) mass is 566 g/mol. The van der Waals surface area contributed by atoms with Crippen LogP contribution in [-0.2, 0) is 36.5 Å². The molecule has 3 heterocycles. The summed E-state index contributed by atoms with van der Waals surface area (Å²) in [6.45, 7) is 13.2. The van der Waals surface area contributed by atoms with Gasteiger partial charge in [-0.1, -0.05) is 102 Å². The standard InChI is InChI=1S/C36H42N2O2S/c1-35(2,3)31-27(21-13-19-25-15-9-7-10-16-25)37-33(39-31)29-23-24-30(41-29)34-38-28(32(40-34)36(4,5)6)22-14-20-26-17-11-8-12-18-26/h7-12,15-18,23-24H,13-14,19-22H2,1-6H3. The van der Waals surface area contributed by atoms with E-state index in [0.717, 1.165) is 71.2 Å². The van der Waals surface area contributed by atoms with Crippen molar-refractivity contribution in [3.63, 3.8) is 0 Å². The first kappa shape index (κ1) is 29.1. The highest BCUT2D eigenvalue weighted by atomic mass is 32.1. The summed E-state index contributed by atoms with van der Waals surface area (Å²) in [4.78, 5) is 12.0. The highest BCUT2D eigenvalue weighted by molar-refractivity contribution is 7.18. The molecule has 0 unspecified atom stereocenters. The van der Waals surface area contributed by atoms with Gasteiger partial charge in [-0.25, -0.2) is 9.97 Å². The number of aromatic nitrogens is 2. The van der Waals surface area contributed by atoms with Crippen LogP contribution in [0.2, 0.25) is 0 Å². The van der Waals surface area contributed by atoms with Crippen LogP contribution in [0.5, 0.6) is 0 Å². The molecule has 0 N–H and O–H groups in total. The first-order valence-corrected chi connectivity index (χ1v) is 15.6. The van der Waals surface area contributed by atoms with Crippen molar-refractivity contribution in [2.75, 3.05) is 0 Å². The number of benzene rings is 2. The predicted octanol–water partition coefficient (Wildman–Crippen LogP) is 10.0. The van der Waals surface area contributed by atoms with Crippen LogP contribution in [0.15, 0.2) is 81.6 Å². The third kappa shape index (κ3) is 7.26. The fraction of sp³-hybridized carbons (Fsp3) is 0.389. The summed E-state index contributed by atoms with van der Waals surface area (Å²) in [5.41, 5.74) is 4.60. The van der Waals surface area contributed by atoms with E-state index in [-0.39, 0.29) is 10.8 Å². The Hall–Kier alpha value is -3.44. The molecule has 3 aromatic heterocycles. The topological polar surface area (TPSA) is 52.1 Å². The predicted molar refractivity (Wildman–Crippen MR) is 170 cm³/mol. The largest absolute Gasteiger partial charge is 0.440 e. The summed E-state index contributed by atoms with van der Waals surface area (Å²) < 4.78 is 12.9. The average molecular weight is 567 g/mol. The van der Waals surface area contributed by atoms with Crippen LogP contribution in [0.4, 0.5) is 0 Å². The molecule has 2 aromatic carbocycles. The first-order chi connectivity index (χ1) is 19.6. The normalized spacial score (nSPS) is 12.2. The Morgan fingerprint density at radius 2 is 0.927 bits per heavy atom. The van der Waals surface area contributed by atoms with E-state index in [1.807, 2.05) is 0 Å². The first-order valence-electron chi connectivity index (χ1n) is 14.8. The maximum absolute atomic E-state index is 6.44. The Kier molecular flexibility index (Phi) is 8.65. The Labute approximate surface area is 248 Å². The van der Waals surface area contributed by atoms with Crippen LogP contribution in [0.25, 0.3) is 21.5 Å². The molecule has 0 aliphatic rings. The van der Waals surface area contributed by atoms with Gasteiger partial charge in [0.05, 0.1) is 21.1 Å². The maximum Gasteiger partial charge on any atom is 0.236 e. The van der Waals surface area contributed by atoms with Crippen molar-refractivity contribution in [3.8, 4) is 21.5 Å². The molecule has 0 aliphatic heterocycles. The number of oxazole rings is 2. The third-order valence-electron chi connectivity index (χ3n) is 7.23. The molecular formula is C36H42N2O2S. The third-order valence-corrected chi connectivity index (χ3v) is 8.29.